The Morgan fingerprint density at radius 1 is 1.10 bits per heavy atom. The lowest BCUT2D eigenvalue weighted by atomic mass is 9.96. The summed E-state index contributed by atoms with van der Waals surface area (Å²) in [7, 11) is 0. The van der Waals surface area contributed by atoms with Crippen LogP contribution >= 0.6 is 11.8 Å². The predicted octanol–water partition coefficient (Wildman–Crippen LogP) is 4.42. The van der Waals surface area contributed by atoms with Gasteiger partial charge >= 0.3 is 6.09 Å². The van der Waals surface area contributed by atoms with Crippen LogP contribution in [-0.2, 0) is 16.0 Å². The van der Waals surface area contributed by atoms with Crippen LogP contribution in [0.2, 0.25) is 0 Å². The Kier molecular flexibility index (Phi) is 10.8. The molecule has 2 aromatic rings. The van der Waals surface area contributed by atoms with E-state index in [1.165, 1.54) is 0 Å². The highest BCUT2D eigenvalue weighted by atomic mass is 32.2. The third-order valence-electron chi connectivity index (χ3n) is 6.31. The molecule has 9 heteroatoms. The number of carbonyl (C=O) groups excluding carboxylic acids is 2. The fourth-order valence-electron chi connectivity index (χ4n) is 4.62. The van der Waals surface area contributed by atoms with Crippen molar-refractivity contribution in [1.29, 1.82) is 0 Å². The number of hydrogen-bond donors (Lipinski definition) is 3. The highest BCUT2D eigenvalue weighted by molar-refractivity contribution is 8.00. The predicted molar refractivity (Wildman–Crippen MR) is 156 cm³/mol. The smallest absolute Gasteiger partial charge is 0.407 e. The number of alkyl carbamates (subject to hydrolysis) is 1. The van der Waals surface area contributed by atoms with Crippen molar-refractivity contribution in [3.63, 3.8) is 0 Å². The second-order valence-electron chi connectivity index (χ2n) is 12.2. The van der Waals surface area contributed by atoms with Gasteiger partial charge in [-0.3, -0.25) is 14.7 Å². The summed E-state index contributed by atoms with van der Waals surface area (Å²) < 4.78 is 5.48. The number of aromatic nitrogens is 1. The molecular formula is C30H44N4O4S. The molecule has 1 fully saturated rings. The van der Waals surface area contributed by atoms with Crippen molar-refractivity contribution in [2.24, 2.45) is 0 Å². The van der Waals surface area contributed by atoms with E-state index in [1.54, 1.807) is 24.2 Å². The summed E-state index contributed by atoms with van der Waals surface area (Å²) in [5.41, 5.74) is -0.0376. The fourth-order valence-corrected chi connectivity index (χ4v) is 5.79. The van der Waals surface area contributed by atoms with Crippen molar-refractivity contribution in [2.75, 3.05) is 13.1 Å². The summed E-state index contributed by atoms with van der Waals surface area (Å²) >= 11 is 1.76. The maximum Gasteiger partial charge on any atom is 0.407 e. The van der Waals surface area contributed by atoms with Crippen molar-refractivity contribution < 1.29 is 19.4 Å². The van der Waals surface area contributed by atoms with E-state index in [0.29, 0.717) is 19.4 Å². The topological polar surface area (TPSA) is 104 Å². The number of β-amino-alcohol motifs (C(OH)–C–C–N with tert-alkyl or cyclic N) is 1. The van der Waals surface area contributed by atoms with Crippen molar-refractivity contribution in [3.8, 4) is 0 Å². The Morgan fingerprint density at radius 3 is 2.38 bits per heavy atom. The van der Waals surface area contributed by atoms with Crippen LogP contribution in [0.5, 0.6) is 0 Å². The Balaban J connectivity index is 1.76. The number of aliphatic hydroxyl groups excluding tert-OH is 1. The van der Waals surface area contributed by atoms with Crippen molar-refractivity contribution in [3.05, 3.63) is 60.4 Å². The monoisotopic (exact) mass is 556 g/mol. The van der Waals surface area contributed by atoms with Gasteiger partial charge in [0.25, 0.3) is 0 Å². The van der Waals surface area contributed by atoms with Gasteiger partial charge in [-0.2, -0.15) is 0 Å². The first-order valence-electron chi connectivity index (χ1n) is 13.6. The molecule has 0 spiro atoms. The third kappa shape index (κ3) is 10.8. The summed E-state index contributed by atoms with van der Waals surface area (Å²) in [6.45, 7) is 12.2. The number of likely N-dealkylation sites (tertiary alicyclic amines) is 1. The Hall–Kier alpha value is -2.62. The highest BCUT2D eigenvalue weighted by Crippen LogP contribution is 2.33. The lowest BCUT2D eigenvalue weighted by molar-refractivity contribution is -0.129. The van der Waals surface area contributed by atoms with E-state index in [-0.39, 0.29) is 23.2 Å². The first-order chi connectivity index (χ1) is 18.3. The number of carbonyl (C=O) groups is 2. The van der Waals surface area contributed by atoms with E-state index in [1.807, 2.05) is 84.0 Å². The summed E-state index contributed by atoms with van der Waals surface area (Å²) in [6, 6.07) is 12.7. The molecule has 0 bridgehead atoms. The quantitative estimate of drug-likeness (QED) is 0.420. The zero-order chi connectivity index (χ0) is 28.6. The van der Waals surface area contributed by atoms with Gasteiger partial charge in [-0.25, -0.2) is 4.79 Å². The minimum Gasteiger partial charge on any atom is -0.444 e. The fraction of sp³-hybridized carbons (Fsp3) is 0.567. The minimum atomic E-state index is -0.910. The van der Waals surface area contributed by atoms with E-state index >= 15 is 0 Å². The number of hydrogen-bond acceptors (Lipinski definition) is 7. The number of nitrogens with one attached hydrogen (secondary N) is 2. The summed E-state index contributed by atoms with van der Waals surface area (Å²) in [5.74, 6) is -0.0468. The molecule has 2 heterocycles. The lowest BCUT2D eigenvalue weighted by Crippen LogP contribution is -2.59. The molecule has 1 aromatic heterocycles. The normalized spacial score (nSPS) is 20.1. The molecule has 4 atom stereocenters. The molecule has 0 aliphatic carbocycles. The third-order valence-corrected chi connectivity index (χ3v) is 7.61. The van der Waals surface area contributed by atoms with E-state index in [2.05, 4.69) is 20.5 Å². The standard InChI is InChI=1S/C30H44N4O4S/c1-29(2,3)33-27(36)25-19-23(39-22-12-15-31-16-13-22)14-17-34(25)20-26(35)24(18-21-10-8-7-9-11-21)32-28(37)38-30(4,5)6/h7-13,15-16,23-26,35H,14,17-20H2,1-6H3,(H,32,37)(H,33,36)/t23-,24+,25+,26-/m1/s1. The molecule has 0 radical (unpaired) electrons. The molecule has 3 rings (SSSR count). The van der Waals surface area contributed by atoms with E-state index < -0.39 is 29.9 Å². The van der Waals surface area contributed by atoms with Crippen molar-refractivity contribution in [1.82, 2.24) is 20.5 Å². The molecule has 1 saturated heterocycles. The number of rotatable bonds is 9. The molecule has 0 unspecified atom stereocenters. The first kappa shape index (κ1) is 30.9. The van der Waals surface area contributed by atoms with Gasteiger partial charge in [-0.1, -0.05) is 30.3 Å². The van der Waals surface area contributed by atoms with Crippen molar-refractivity contribution >= 4 is 23.8 Å². The van der Waals surface area contributed by atoms with Crippen LogP contribution in [0.15, 0.2) is 59.8 Å². The molecule has 1 aliphatic rings. The number of nitrogens with zero attached hydrogens (tertiary/aromatic N) is 2. The van der Waals surface area contributed by atoms with Crippen LogP contribution in [0.25, 0.3) is 0 Å². The van der Waals surface area contributed by atoms with Crippen LogP contribution in [0.1, 0.15) is 59.9 Å². The summed E-state index contributed by atoms with van der Waals surface area (Å²) in [4.78, 5) is 33.4. The number of pyridine rings is 1. The lowest BCUT2D eigenvalue weighted by Gasteiger charge is -2.41. The average Bonchev–Trinajstić information content (AvgIpc) is 2.83. The van der Waals surface area contributed by atoms with Crippen LogP contribution < -0.4 is 10.6 Å². The van der Waals surface area contributed by atoms with E-state index in [9.17, 15) is 14.7 Å². The van der Waals surface area contributed by atoms with Gasteiger partial charge in [0.1, 0.15) is 5.60 Å². The highest BCUT2D eigenvalue weighted by Gasteiger charge is 2.37. The van der Waals surface area contributed by atoms with Gasteiger partial charge in [0.05, 0.1) is 18.2 Å². The summed E-state index contributed by atoms with van der Waals surface area (Å²) in [5, 5.41) is 17.7. The van der Waals surface area contributed by atoms with Crippen LogP contribution in [0.4, 0.5) is 4.79 Å². The maximum absolute atomic E-state index is 13.5. The number of aliphatic hydroxyl groups is 1. The Morgan fingerprint density at radius 2 is 1.77 bits per heavy atom. The van der Waals surface area contributed by atoms with Gasteiger partial charge in [0.2, 0.25) is 5.91 Å². The number of amides is 2. The molecule has 39 heavy (non-hydrogen) atoms. The number of benzene rings is 1. The SMILES string of the molecule is CC(C)(C)NC(=O)[C@@H]1C[C@H](Sc2ccncc2)CCN1C[C@@H](O)[C@H](Cc1ccccc1)NC(=O)OC(C)(C)C. The van der Waals surface area contributed by atoms with E-state index in [4.69, 9.17) is 4.74 Å². The van der Waals surface area contributed by atoms with Gasteiger partial charge in [-0.05, 0) is 78.5 Å². The van der Waals surface area contributed by atoms with Gasteiger partial charge in [-0.15, -0.1) is 11.8 Å². The minimum absolute atomic E-state index is 0.0468. The van der Waals surface area contributed by atoms with Gasteiger partial charge < -0.3 is 20.5 Å². The van der Waals surface area contributed by atoms with Crippen molar-refractivity contribution in [2.45, 2.75) is 100 Å². The number of thioether (sulfide) groups is 1. The molecule has 214 valence electrons. The summed E-state index contributed by atoms with van der Waals surface area (Å²) in [6.07, 6.45) is 4.05. The molecule has 0 saturated carbocycles. The number of piperidine rings is 1. The second-order valence-corrected chi connectivity index (χ2v) is 13.6. The average molecular weight is 557 g/mol. The molecule has 8 nitrogen and oxygen atoms in total. The molecule has 3 N–H and O–H groups in total. The zero-order valence-corrected chi connectivity index (χ0v) is 24.8. The van der Waals surface area contributed by atoms with Crippen LogP contribution in [-0.4, -0.2) is 74.7 Å². The zero-order valence-electron chi connectivity index (χ0n) is 24.0. The largest absolute Gasteiger partial charge is 0.444 e. The van der Waals surface area contributed by atoms with Crippen LogP contribution in [0.3, 0.4) is 0 Å². The van der Waals surface area contributed by atoms with Gasteiger partial charge in [0.15, 0.2) is 0 Å². The molecule has 1 aliphatic heterocycles. The van der Waals surface area contributed by atoms with E-state index in [0.717, 1.165) is 16.9 Å². The molecule has 2 amide bonds. The molecule has 1 aromatic carbocycles. The first-order valence-corrected chi connectivity index (χ1v) is 14.5. The maximum atomic E-state index is 13.5. The second kappa shape index (κ2) is 13.6. The van der Waals surface area contributed by atoms with Crippen LogP contribution in [0, 0.1) is 0 Å². The number of ether oxygens (including phenoxy) is 1. The Bertz CT molecular complexity index is 1060. The Labute approximate surface area is 237 Å². The van der Waals surface area contributed by atoms with Gasteiger partial charge in [0, 0.05) is 41.2 Å². The molecular weight excluding hydrogens is 512 g/mol.